The summed E-state index contributed by atoms with van der Waals surface area (Å²) >= 11 is 0. The van der Waals surface area contributed by atoms with Crippen molar-refractivity contribution >= 4 is 11.4 Å². The number of hydrogen-bond acceptors (Lipinski definition) is 3. The van der Waals surface area contributed by atoms with Gasteiger partial charge in [0.1, 0.15) is 17.0 Å². The number of aryl methyl sites for hydroxylation is 1. The average Bonchev–Trinajstić information content (AvgIpc) is 2.95. The lowest BCUT2D eigenvalue weighted by Crippen LogP contribution is -2.01. The Bertz CT molecular complexity index is 913. The number of carbonyl (C=O) groups is 1. The molecule has 0 fully saturated rings. The zero-order chi connectivity index (χ0) is 15.5. The molecule has 0 spiro atoms. The van der Waals surface area contributed by atoms with E-state index in [1.54, 1.807) is 10.6 Å². The molecule has 0 aromatic carbocycles. The summed E-state index contributed by atoms with van der Waals surface area (Å²) in [7, 11) is 0. The molecule has 0 N–H and O–H groups in total. The van der Waals surface area contributed by atoms with Gasteiger partial charge in [0.2, 0.25) is 0 Å². The number of hydrogen-bond donors (Lipinski definition) is 0. The molecule has 4 nitrogen and oxygen atoms in total. The van der Waals surface area contributed by atoms with Crippen molar-refractivity contribution < 1.29 is 4.79 Å². The second-order valence-electron chi connectivity index (χ2n) is 4.98. The van der Waals surface area contributed by atoms with E-state index in [0.29, 0.717) is 12.1 Å². The molecule has 0 radical (unpaired) electrons. The van der Waals surface area contributed by atoms with Crippen molar-refractivity contribution in [1.29, 1.82) is 0 Å². The molecule has 3 aromatic heterocycles. The van der Waals surface area contributed by atoms with Crippen molar-refractivity contribution in [1.82, 2.24) is 14.4 Å². The van der Waals surface area contributed by atoms with Gasteiger partial charge in [-0.3, -0.25) is 9.20 Å². The molecule has 0 saturated heterocycles. The van der Waals surface area contributed by atoms with Crippen molar-refractivity contribution in [3.05, 3.63) is 65.4 Å². The molecule has 4 heteroatoms. The quantitative estimate of drug-likeness (QED) is 0.538. The summed E-state index contributed by atoms with van der Waals surface area (Å²) in [5.41, 5.74) is 3.83. The minimum Gasteiger partial charge on any atom is -0.296 e. The van der Waals surface area contributed by atoms with E-state index in [2.05, 4.69) is 21.8 Å². The van der Waals surface area contributed by atoms with Crippen molar-refractivity contribution in [2.45, 2.75) is 20.3 Å². The van der Waals surface area contributed by atoms with E-state index in [4.69, 9.17) is 0 Å². The number of nitrogens with zero attached hydrogens (tertiary/aromatic N) is 3. The fourth-order valence-corrected chi connectivity index (χ4v) is 2.19. The molecule has 3 aromatic rings. The summed E-state index contributed by atoms with van der Waals surface area (Å²) in [5, 5.41) is 0. The van der Waals surface area contributed by atoms with E-state index in [0.717, 1.165) is 22.6 Å². The van der Waals surface area contributed by atoms with Gasteiger partial charge in [-0.2, -0.15) is 0 Å². The Kier molecular flexibility index (Phi) is 3.71. The van der Waals surface area contributed by atoms with Crippen LogP contribution in [0.1, 0.15) is 40.8 Å². The van der Waals surface area contributed by atoms with Crippen molar-refractivity contribution in [3.8, 4) is 11.8 Å². The highest BCUT2D eigenvalue weighted by molar-refractivity contribution is 5.94. The number of rotatable bonds is 2. The standard InChI is InChI=1S/C18H15N3O/c1-3-17(22)16-11-19-18-10-8-14(12-21(16)18)7-9-15-6-4-5-13(2)20-15/h4-6,8,10-12H,3H2,1-2H3. The maximum absolute atomic E-state index is 11.9. The number of carbonyl (C=O) groups excluding carboxylic acids is 1. The molecule has 0 bridgehead atoms. The number of ketones is 1. The zero-order valence-electron chi connectivity index (χ0n) is 12.5. The third-order valence-electron chi connectivity index (χ3n) is 3.34. The van der Waals surface area contributed by atoms with Gasteiger partial charge < -0.3 is 0 Å². The highest BCUT2D eigenvalue weighted by Gasteiger charge is 2.09. The monoisotopic (exact) mass is 289 g/mol. The van der Waals surface area contributed by atoms with Crippen LogP contribution in [0.4, 0.5) is 0 Å². The van der Waals surface area contributed by atoms with E-state index in [-0.39, 0.29) is 5.78 Å². The van der Waals surface area contributed by atoms with Gasteiger partial charge in [0.25, 0.3) is 0 Å². The van der Waals surface area contributed by atoms with Crippen LogP contribution in [0.5, 0.6) is 0 Å². The lowest BCUT2D eigenvalue weighted by Gasteiger charge is -1.99. The first kappa shape index (κ1) is 14.0. The molecule has 22 heavy (non-hydrogen) atoms. The van der Waals surface area contributed by atoms with Crippen LogP contribution in [-0.2, 0) is 0 Å². The maximum atomic E-state index is 11.9. The summed E-state index contributed by atoms with van der Waals surface area (Å²) in [4.78, 5) is 20.5. The van der Waals surface area contributed by atoms with E-state index in [9.17, 15) is 4.79 Å². The predicted octanol–water partition coefficient (Wildman–Crippen LogP) is 3.03. The molecule has 0 unspecified atom stereocenters. The molecule has 0 aliphatic heterocycles. The van der Waals surface area contributed by atoms with Gasteiger partial charge in [-0.1, -0.05) is 18.9 Å². The normalized spacial score (nSPS) is 10.3. The van der Waals surface area contributed by atoms with Gasteiger partial charge in [0.15, 0.2) is 5.78 Å². The smallest absolute Gasteiger partial charge is 0.180 e. The third-order valence-corrected chi connectivity index (χ3v) is 3.34. The van der Waals surface area contributed by atoms with E-state index in [1.165, 1.54) is 0 Å². The summed E-state index contributed by atoms with van der Waals surface area (Å²) in [6.45, 7) is 3.78. The molecule has 108 valence electrons. The first-order valence-electron chi connectivity index (χ1n) is 7.13. The predicted molar refractivity (Wildman–Crippen MR) is 84.8 cm³/mol. The first-order chi connectivity index (χ1) is 10.7. The van der Waals surface area contributed by atoms with Crippen molar-refractivity contribution in [2.24, 2.45) is 0 Å². The van der Waals surface area contributed by atoms with Gasteiger partial charge >= 0.3 is 0 Å². The van der Waals surface area contributed by atoms with Crippen LogP contribution in [0.15, 0.2) is 42.7 Å². The number of pyridine rings is 2. The Balaban J connectivity index is 2.00. The summed E-state index contributed by atoms with van der Waals surface area (Å²) in [6.07, 6.45) is 3.91. The Morgan fingerprint density at radius 1 is 1.23 bits per heavy atom. The number of fused-ring (bicyclic) bond motifs is 1. The molecule has 0 saturated carbocycles. The SMILES string of the molecule is CCC(=O)c1cnc2ccc(C#Cc3cccc(C)n3)cn12. The van der Waals surface area contributed by atoms with Crippen LogP contribution >= 0.6 is 0 Å². The molecular formula is C18H15N3O. The minimum absolute atomic E-state index is 0.0676. The van der Waals surface area contributed by atoms with Crippen molar-refractivity contribution in [2.75, 3.05) is 0 Å². The van der Waals surface area contributed by atoms with Gasteiger partial charge in [0, 0.05) is 23.9 Å². The molecule has 3 rings (SSSR count). The molecule has 0 atom stereocenters. The lowest BCUT2D eigenvalue weighted by molar-refractivity contribution is 0.0982. The highest BCUT2D eigenvalue weighted by atomic mass is 16.1. The highest BCUT2D eigenvalue weighted by Crippen LogP contribution is 2.10. The molecular weight excluding hydrogens is 274 g/mol. The fraction of sp³-hybridized carbons (Fsp3) is 0.167. The Morgan fingerprint density at radius 2 is 2.09 bits per heavy atom. The Hall–Kier alpha value is -2.93. The number of Topliss-reactive ketones (excluding diaryl/α,β-unsaturated/α-hetero) is 1. The average molecular weight is 289 g/mol. The van der Waals surface area contributed by atoms with Crippen molar-refractivity contribution in [3.63, 3.8) is 0 Å². The van der Waals surface area contributed by atoms with Crippen LogP contribution in [0.3, 0.4) is 0 Å². The molecule has 0 amide bonds. The van der Waals surface area contributed by atoms with Gasteiger partial charge in [-0.05, 0) is 37.1 Å². The Labute approximate surface area is 128 Å². The van der Waals surface area contributed by atoms with Crippen LogP contribution < -0.4 is 0 Å². The summed E-state index contributed by atoms with van der Waals surface area (Å²) < 4.78 is 1.79. The number of imidazole rings is 1. The largest absolute Gasteiger partial charge is 0.296 e. The second kappa shape index (κ2) is 5.82. The van der Waals surface area contributed by atoms with Crippen LogP contribution in [0.2, 0.25) is 0 Å². The molecule has 0 aliphatic rings. The third kappa shape index (κ3) is 2.75. The molecule has 0 aliphatic carbocycles. The minimum atomic E-state index is 0.0676. The van der Waals surface area contributed by atoms with Gasteiger partial charge in [-0.15, -0.1) is 0 Å². The summed E-state index contributed by atoms with van der Waals surface area (Å²) in [5.74, 6) is 6.19. The zero-order valence-corrected chi connectivity index (χ0v) is 12.5. The Morgan fingerprint density at radius 3 is 2.86 bits per heavy atom. The van der Waals surface area contributed by atoms with E-state index >= 15 is 0 Å². The van der Waals surface area contributed by atoms with E-state index in [1.807, 2.05) is 50.4 Å². The summed E-state index contributed by atoms with van der Waals surface area (Å²) in [6, 6.07) is 9.50. The van der Waals surface area contributed by atoms with Crippen LogP contribution in [0.25, 0.3) is 5.65 Å². The second-order valence-corrected chi connectivity index (χ2v) is 4.98. The first-order valence-corrected chi connectivity index (χ1v) is 7.13. The van der Waals surface area contributed by atoms with Crippen LogP contribution in [0, 0.1) is 18.8 Å². The number of aromatic nitrogens is 3. The van der Waals surface area contributed by atoms with Gasteiger partial charge in [-0.25, -0.2) is 9.97 Å². The maximum Gasteiger partial charge on any atom is 0.180 e. The van der Waals surface area contributed by atoms with Gasteiger partial charge in [0.05, 0.1) is 6.20 Å². The fourth-order valence-electron chi connectivity index (χ4n) is 2.19. The molecule has 3 heterocycles. The van der Waals surface area contributed by atoms with E-state index < -0.39 is 0 Å². The van der Waals surface area contributed by atoms with Crippen LogP contribution in [-0.4, -0.2) is 20.2 Å². The topological polar surface area (TPSA) is 47.3 Å². The lowest BCUT2D eigenvalue weighted by atomic mass is 10.2.